The minimum Gasteiger partial charge on any atom is -0.472 e. The molecule has 9 nitrogen and oxygen atoms in total. The van der Waals surface area contributed by atoms with Gasteiger partial charge in [0.05, 0.1) is 46.2 Å². The number of H-pyrrole nitrogens is 1. The lowest BCUT2D eigenvalue weighted by Crippen LogP contribution is -1.92. The number of hydrogen-bond acceptors (Lipinski definition) is 8. The molecule has 0 saturated carbocycles. The van der Waals surface area contributed by atoms with Crippen LogP contribution in [0.1, 0.15) is 87.9 Å². The Kier molecular flexibility index (Phi) is 34.5. The van der Waals surface area contributed by atoms with Crippen molar-refractivity contribution in [3.8, 4) is 0 Å². The van der Waals surface area contributed by atoms with Crippen LogP contribution in [-0.2, 0) is 0 Å². The standard InChI is InChI=1S/C11H10.C10H10N2.C10H9N.2C6H7N.C5H6N2.C5H7N.C5H6O.5CH4/c1-9-5-4-7-10-6-2-3-8-11(9)10;1-7-8(2)12-10-6-4-3-5-9(10)11-7;1-8-6-7-9-4-2-3-5-10(9)11-8;1-6-3-2-4-7-5-6;1-6-4-2-3-5-7-6;1-5-4-6-2-3-7-5;2*1-5-2-3-6-4-5;;;;;/h2-8H,1H3;3-6H,1-2H3;2-7H,1H3;2*2-5H,1H3;2-4H,1H3;2-4,6H,1H3;2-4H,1H3;5*1H4. The Bertz CT molecular complexity index is 2820. The Morgan fingerprint density at radius 2 is 0.986 bits per heavy atom. The Hall–Kier alpha value is -8.17. The summed E-state index contributed by atoms with van der Waals surface area (Å²) in [4.78, 5) is 31.7. The number of pyridine rings is 3. The van der Waals surface area contributed by atoms with Crippen LogP contribution in [0.3, 0.4) is 0 Å². The van der Waals surface area contributed by atoms with E-state index < -0.39 is 0 Å². The quantitative estimate of drug-likeness (QED) is 0.160. The number of para-hydroxylation sites is 3. The third-order valence-corrected chi connectivity index (χ3v) is 9.46. The summed E-state index contributed by atoms with van der Waals surface area (Å²) in [6.45, 7) is 18.1. The summed E-state index contributed by atoms with van der Waals surface area (Å²) in [5, 5.41) is 3.89. The van der Waals surface area contributed by atoms with Crippen molar-refractivity contribution in [1.29, 1.82) is 0 Å². The maximum atomic E-state index is 4.71. The van der Waals surface area contributed by atoms with Crippen LogP contribution in [-0.4, -0.2) is 39.9 Å². The van der Waals surface area contributed by atoms with Gasteiger partial charge in [0, 0.05) is 66.3 Å². The van der Waals surface area contributed by atoms with E-state index in [1.165, 1.54) is 38.4 Å². The van der Waals surface area contributed by atoms with Crippen LogP contribution in [0.2, 0.25) is 0 Å². The van der Waals surface area contributed by atoms with Crippen LogP contribution in [0.15, 0.2) is 212 Å². The van der Waals surface area contributed by atoms with Gasteiger partial charge in [-0.3, -0.25) is 24.9 Å². The van der Waals surface area contributed by atoms with Gasteiger partial charge in [-0.25, -0.2) is 9.97 Å². The maximum Gasteiger partial charge on any atom is 0.0931 e. The monoisotopic (exact) mass is 967 g/mol. The van der Waals surface area contributed by atoms with Gasteiger partial charge in [-0.2, -0.15) is 0 Å². The van der Waals surface area contributed by atoms with Crippen molar-refractivity contribution < 1.29 is 4.42 Å². The van der Waals surface area contributed by atoms with E-state index in [0.29, 0.717) is 0 Å². The molecule has 0 spiro atoms. The molecule has 0 aliphatic heterocycles. The van der Waals surface area contributed by atoms with Crippen molar-refractivity contribution in [2.24, 2.45) is 0 Å². The van der Waals surface area contributed by atoms with E-state index in [9.17, 15) is 0 Å². The van der Waals surface area contributed by atoms with Crippen molar-refractivity contribution in [3.63, 3.8) is 0 Å². The van der Waals surface area contributed by atoms with Gasteiger partial charge in [0.15, 0.2) is 0 Å². The molecule has 380 valence electrons. The van der Waals surface area contributed by atoms with Gasteiger partial charge in [-0.05, 0) is 150 Å². The number of nitrogens with zero attached hydrogens (tertiary/aromatic N) is 7. The van der Waals surface area contributed by atoms with E-state index in [4.69, 9.17) is 4.42 Å². The number of fused-ring (bicyclic) bond motifs is 3. The molecule has 0 aliphatic rings. The molecule has 0 atom stereocenters. The highest BCUT2D eigenvalue weighted by atomic mass is 16.3. The molecule has 7 aromatic heterocycles. The van der Waals surface area contributed by atoms with E-state index in [1.54, 1.807) is 43.5 Å². The van der Waals surface area contributed by atoms with Gasteiger partial charge in [0.25, 0.3) is 0 Å². The average Bonchev–Trinajstić information content (AvgIpc) is 4.05. The number of aryl methyl sites for hydroxylation is 9. The van der Waals surface area contributed by atoms with Crippen LogP contribution in [0.5, 0.6) is 0 Å². The first-order chi connectivity index (χ1) is 32.5. The summed E-state index contributed by atoms with van der Waals surface area (Å²) in [6.07, 6.45) is 17.7. The minimum absolute atomic E-state index is 0. The fourth-order valence-electron chi connectivity index (χ4n) is 5.74. The molecule has 11 aromatic rings. The predicted molar refractivity (Wildman–Crippen MR) is 312 cm³/mol. The Morgan fingerprint density at radius 3 is 1.40 bits per heavy atom. The number of hydrogen-bond donors (Lipinski definition) is 1. The largest absolute Gasteiger partial charge is 0.472 e. The number of rotatable bonds is 0. The van der Waals surface area contributed by atoms with E-state index in [2.05, 4.69) is 108 Å². The van der Waals surface area contributed by atoms with Gasteiger partial charge < -0.3 is 9.40 Å². The molecular formula is C63H82N8O. The van der Waals surface area contributed by atoms with Crippen LogP contribution < -0.4 is 0 Å². The molecule has 0 fully saturated rings. The summed E-state index contributed by atoms with van der Waals surface area (Å²) in [5.74, 6) is 0. The summed E-state index contributed by atoms with van der Waals surface area (Å²) in [6, 6.07) is 48.8. The zero-order valence-electron chi connectivity index (χ0n) is 40.2. The summed E-state index contributed by atoms with van der Waals surface area (Å²) in [7, 11) is 0. The maximum absolute atomic E-state index is 4.71. The van der Waals surface area contributed by atoms with E-state index in [-0.39, 0.29) is 37.1 Å². The second-order valence-electron chi connectivity index (χ2n) is 15.4. The van der Waals surface area contributed by atoms with Crippen molar-refractivity contribution in [2.75, 3.05) is 0 Å². The molecule has 11 rings (SSSR count). The Morgan fingerprint density at radius 1 is 0.389 bits per heavy atom. The van der Waals surface area contributed by atoms with Crippen LogP contribution in [0.4, 0.5) is 0 Å². The number of aromatic nitrogens is 8. The summed E-state index contributed by atoms with van der Waals surface area (Å²) >= 11 is 0. The summed E-state index contributed by atoms with van der Waals surface area (Å²) in [5.41, 5.74) is 13.2. The minimum atomic E-state index is 0. The van der Waals surface area contributed by atoms with Crippen molar-refractivity contribution >= 4 is 32.7 Å². The highest BCUT2D eigenvalue weighted by molar-refractivity contribution is 5.85. The topological polar surface area (TPSA) is 119 Å². The highest BCUT2D eigenvalue weighted by Gasteiger charge is 1.98. The zero-order chi connectivity index (χ0) is 48.1. The van der Waals surface area contributed by atoms with E-state index in [1.807, 2.05) is 158 Å². The fraction of sp³-hybridized carbons (Fsp3) is 0.222. The first-order valence-electron chi connectivity index (χ1n) is 22.0. The molecule has 0 amide bonds. The van der Waals surface area contributed by atoms with Crippen molar-refractivity contribution in [3.05, 3.63) is 258 Å². The second-order valence-corrected chi connectivity index (χ2v) is 15.4. The van der Waals surface area contributed by atoms with Gasteiger partial charge >= 0.3 is 0 Å². The normalized spacial score (nSPS) is 8.90. The molecule has 0 unspecified atom stereocenters. The van der Waals surface area contributed by atoms with Crippen LogP contribution >= 0.6 is 0 Å². The number of nitrogens with one attached hydrogen (secondary N) is 1. The zero-order valence-corrected chi connectivity index (χ0v) is 40.2. The smallest absolute Gasteiger partial charge is 0.0931 e. The fourth-order valence-corrected chi connectivity index (χ4v) is 5.74. The Labute approximate surface area is 433 Å². The molecule has 1 N–H and O–H groups in total. The van der Waals surface area contributed by atoms with Crippen molar-refractivity contribution in [2.45, 2.75) is 99.4 Å². The SMILES string of the molecule is C.C.C.C.C.Cc1cc[nH]c1.Cc1ccc2ccccc2n1.Cc1cccc2ccccc12.Cc1ccccn1.Cc1cccnc1.Cc1ccoc1.Cc1cnccn1.Cc1nc2ccccc2nc1C. The molecule has 0 radical (unpaired) electrons. The van der Waals surface area contributed by atoms with Crippen molar-refractivity contribution in [1.82, 2.24) is 39.9 Å². The van der Waals surface area contributed by atoms with Gasteiger partial charge in [0.2, 0.25) is 0 Å². The third kappa shape index (κ3) is 26.0. The van der Waals surface area contributed by atoms with Crippen LogP contribution in [0.25, 0.3) is 32.7 Å². The van der Waals surface area contributed by atoms with Gasteiger partial charge in [0.1, 0.15) is 0 Å². The number of aromatic amines is 1. The first-order valence-corrected chi connectivity index (χ1v) is 22.0. The van der Waals surface area contributed by atoms with Crippen LogP contribution in [0, 0.1) is 62.3 Å². The molecule has 0 saturated heterocycles. The molecule has 0 bridgehead atoms. The lowest BCUT2D eigenvalue weighted by atomic mass is 10.1. The van der Waals surface area contributed by atoms with Gasteiger partial charge in [-0.1, -0.05) is 128 Å². The number of benzene rings is 4. The average molecular weight is 967 g/mol. The first kappa shape index (κ1) is 65.9. The Balaban J connectivity index is 0. The van der Waals surface area contributed by atoms with E-state index >= 15 is 0 Å². The molecule has 9 heteroatoms. The second kappa shape index (κ2) is 37.7. The lowest BCUT2D eigenvalue weighted by molar-refractivity contribution is 0.565. The molecule has 72 heavy (non-hydrogen) atoms. The lowest BCUT2D eigenvalue weighted by Gasteiger charge is -2.00. The molecular weight excluding hydrogens is 885 g/mol. The van der Waals surface area contributed by atoms with E-state index in [0.717, 1.165) is 45.0 Å². The van der Waals surface area contributed by atoms with Gasteiger partial charge in [-0.15, -0.1) is 0 Å². The predicted octanol–water partition coefficient (Wildman–Crippen LogP) is 17.6. The summed E-state index contributed by atoms with van der Waals surface area (Å²) < 4.78 is 4.71. The third-order valence-electron chi connectivity index (χ3n) is 9.46. The molecule has 0 aliphatic carbocycles. The molecule has 7 heterocycles. The molecule has 4 aromatic carbocycles. The highest BCUT2D eigenvalue weighted by Crippen LogP contribution is 2.17. The number of furan rings is 1.